The molecular formula is C15H24N4. The number of hydrogen-bond acceptors (Lipinski definition) is 4. The van der Waals surface area contributed by atoms with Gasteiger partial charge in [-0.05, 0) is 57.2 Å². The fourth-order valence-electron chi connectivity index (χ4n) is 3.65. The van der Waals surface area contributed by atoms with E-state index in [1.54, 1.807) is 0 Å². The summed E-state index contributed by atoms with van der Waals surface area (Å²) >= 11 is 0. The van der Waals surface area contributed by atoms with Crippen molar-refractivity contribution in [3.8, 4) is 0 Å². The first-order valence-corrected chi connectivity index (χ1v) is 7.47. The van der Waals surface area contributed by atoms with Gasteiger partial charge >= 0.3 is 0 Å². The molecule has 0 bridgehead atoms. The first-order chi connectivity index (χ1) is 9.26. The van der Waals surface area contributed by atoms with Gasteiger partial charge in [-0.25, -0.2) is 9.97 Å². The summed E-state index contributed by atoms with van der Waals surface area (Å²) < 4.78 is 0. The Morgan fingerprint density at radius 3 is 3.05 bits per heavy atom. The largest absolute Gasteiger partial charge is 0.316 e. The van der Waals surface area contributed by atoms with Crippen LogP contribution in [0.5, 0.6) is 0 Å². The average Bonchev–Trinajstić information content (AvgIpc) is 2.40. The van der Waals surface area contributed by atoms with Crippen LogP contribution in [0.4, 0.5) is 0 Å². The molecule has 1 aromatic heterocycles. The van der Waals surface area contributed by atoms with E-state index in [1.807, 2.05) is 19.2 Å². The number of aromatic nitrogens is 2. The summed E-state index contributed by atoms with van der Waals surface area (Å²) in [5, 5.41) is 3.59. The van der Waals surface area contributed by atoms with E-state index in [1.165, 1.54) is 51.9 Å². The quantitative estimate of drug-likeness (QED) is 0.879. The average molecular weight is 260 g/mol. The molecule has 2 aliphatic rings. The first-order valence-electron chi connectivity index (χ1n) is 7.47. The third kappa shape index (κ3) is 3.12. The topological polar surface area (TPSA) is 41.1 Å². The minimum atomic E-state index is 0.526. The van der Waals surface area contributed by atoms with Gasteiger partial charge in [0.15, 0.2) is 0 Å². The van der Waals surface area contributed by atoms with Crippen LogP contribution >= 0.6 is 0 Å². The Kier molecular flexibility index (Phi) is 3.80. The first kappa shape index (κ1) is 13.0. The highest BCUT2D eigenvalue weighted by molar-refractivity contribution is 5.02. The molecule has 19 heavy (non-hydrogen) atoms. The van der Waals surface area contributed by atoms with Gasteiger partial charge in [-0.15, -0.1) is 0 Å². The second-order valence-electron chi connectivity index (χ2n) is 6.19. The summed E-state index contributed by atoms with van der Waals surface area (Å²) in [7, 11) is 0. The van der Waals surface area contributed by atoms with Crippen LogP contribution in [-0.4, -0.2) is 41.0 Å². The molecule has 0 amide bonds. The van der Waals surface area contributed by atoms with Crippen molar-refractivity contribution in [3.63, 3.8) is 0 Å². The summed E-state index contributed by atoms with van der Waals surface area (Å²) in [6.07, 6.45) is 7.31. The molecule has 3 heterocycles. The minimum Gasteiger partial charge on any atom is -0.316 e. The number of rotatable bonds is 2. The third-order valence-corrected chi connectivity index (χ3v) is 4.52. The Hall–Kier alpha value is -1.00. The highest BCUT2D eigenvalue weighted by Gasteiger charge is 2.36. The van der Waals surface area contributed by atoms with Crippen LogP contribution in [0.2, 0.25) is 0 Å². The second-order valence-corrected chi connectivity index (χ2v) is 6.19. The van der Waals surface area contributed by atoms with Gasteiger partial charge in [-0.2, -0.15) is 0 Å². The molecule has 2 fully saturated rings. The predicted octanol–water partition coefficient (Wildman–Crippen LogP) is 1.75. The van der Waals surface area contributed by atoms with Crippen LogP contribution < -0.4 is 5.32 Å². The van der Waals surface area contributed by atoms with Gasteiger partial charge in [0, 0.05) is 25.8 Å². The lowest BCUT2D eigenvalue weighted by molar-refractivity contribution is 0.0593. The SMILES string of the molecule is Cc1nccc(CN2CCCC3(CCCNC3)C2)n1. The van der Waals surface area contributed by atoms with E-state index in [-0.39, 0.29) is 0 Å². The zero-order valence-corrected chi connectivity index (χ0v) is 11.9. The van der Waals surface area contributed by atoms with E-state index in [0.717, 1.165) is 18.1 Å². The number of nitrogens with one attached hydrogen (secondary N) is 1. The lowest BCUT2D eigenvalue weighted by atomic mass is 9.74. The molecule has 0 aliphatic carbocycles. The molecule has 4 heteroatoms. The Balaban J connectivity index is 1.65. The Labute approximate surface area is 115 Å². The maximum atomic E-state index is 4.53. The Morgan fingerprint density at radius 2 is 2.26 bits per heavy atom. The summed E-state index contributed by atoms with van der Waals surface area (Å²) in [4.78, 5) is 11.3. The Bertz CT molecular complexity index is 420. The molecule has 0 saturated carbocycles. The molecule has 104 valence electrons. The van der Waals surface area contributed by atoms with Gasteiger partial charge in [0.25, 0.3) is 0 Å². The maximum Gasteiger partial charge on any atom is 0.125 e. The number of aryl methyl sites for hydroxylation is 1. The fraction of sp³-hybridized carbons (Fsp3) is 0.733. The zero-order valence-electron chi connectivity index (χ0n) is 11.9. The summed E-state index contributed by atoms with van der Waals surface area (Å²) in [5.41, 5.74) is 1.69. The standard InChI is InChI=1S/C15H24N4/c1-13-17-8-4-14(18-13)10-19-9-3-6-15(12-19)5-2-7-16-11-15/h4,8,16H,2-3,5-7,9-12H2,1H3. The molecule has 4 nitrogen and oxygen atoms in total. The van der Waals surface area contributed by atoms with Crippen molar-refractivity contribution in [3.05, 3.63) is 23.8 Å². The van der Waals surface area contributed by atoms with E-state index in [0.29, 0.717) is 5.41 Å². The van der Waals surface area contributed by atoms with Crippen LogP contribution in [0, 0.1) is 12.3 Å². The van der Waals surface area contributed by atoms with E-state index < -0.39 is 0 Å². The van der Waals surface area contributed by atoms with Crippen LogP contribution in [0.3, 0.4) is 0 Å². The monoisotopic (exact) mass is 260 g/mol. The lowest BCUT2D eigenvalue weighted by Gasteiger charge is -2.45. The van der Waals surface area contributed by atoms with E-state index in [9.17, 15) is 0 Å². The van der Waals surface area contributed by atoms with Gasteiger partial charge in [-0.1, -0.05) is 0 Å². The van der Waals surface area contributed by atoms with Crippen molar-refractivity contribution in [2.75, 3.05) is 26.2 Å². The molecular weight excluding hydrogens is 236 g/mol. The second kappa shape index (κ2) is 5.55. The molecule has 3 rings (SSSR count). The van der Waals surface area contributed by atoms with Crippen molar-refractivity contribution in [1.82, 2.24) is 20.2 Å². The number of likely N-dealkylation sites (tertiary alicyclic amines) is 1. The maximum absolute atomic E-state index is 4.53. The van der Waals surface area contributed by atoms with Gasteiger partial charge in [-0.3, -0.25) is 4.90 Å². The molecule has 2 saturated heterocycles. The van der Waals surface area contributed by atoms with Crippen LogP contribution in [0.1, 0.15) is 37.2 Å². The molecule has 1 N–H and O–H groups in total. The summed E-state index contributed by atoms with van der Waals surface area (Å²) in [6, 6.07) is 2.05. The van der Waals surface area contributed by atoms with Crippen molar-refractivity contribution < 1.29 is 0 Å². The molecule has 1 spiro atoms. The zero-order chi connectivity index (χ0) is 13.1. The highest BCUT2D eigenvalue weighted by Crippen LogP contribution is 2.36. The number of nitrogens with zero attached hydrogens (tertiary/aromatic N) is 3. The van der Waals surface area contributed by atoms with Crippen molar-refractivity contribution in [2.45, 2.75) is 39.2 Å². The highest BCUT2D eigenvalue weighted by atomic mass is 15.2. The molecule has 1 atom stereocenters. The van der Waals surface area contributed by atoms with E-state index in [4.69, 9.17) is 0 Å². The van der Waals surface area contributed by atoms with Gasteiger partial charge in [0.2, 0.25) is 0 Å². The number of piperidine rings is 2. The summed E-state index contributed by atoms with van der Waals surface area (Å²) in [6.45, 7) is 7.78. The van der Waals surface area contributed by atoms with E-state index in [2.05, 4.69) is 20.2 Å². The molecule has 1 aromatic rings. The third-order valence-electron chi connectivity index (χ3n) is 4.52. The van der Waals surface area contributed by atoms with Crippen molar-refractivity contribution in [2.24, 2.45) is 5.41 Å². The van der Waals surface area contributed by atoms with Crippen LogP contribution in [0.15, 0.2) is 12.3 Å². The normalized spacial score (nSPS) is 28.7. The van der Waals surface area contributed by atoms with Gasteiger partial charge < -0.3 is 5.32 Å². The van der Waals surface area contributed by atoms with Crippen molar-refractivity contribution >= 4 is 0 Å². The fourth-order valence-corrected chi connectivity index (χ4v) is 3.65. The molecule has 2 aliphatic heterocycles. The van der Waals surface area contributed by atoms with E-state index >= 15 is 0 Å². The number of hydrogen-bond donors (Lipinski definition) is 1. The summed E-state index contributed by atoms with van der Waals surface area (Å²) in [5.74, 6) is 0.878. The minimum absolute atomic E-state index is 0.526. The molecule has 0 aromatic carbocycles. The van der Waals surface area contributed by atoms with Crippen LogP contribution in [0.25, 0.3) is 0 Å². The van der Waals surface area contributed by atoms with Gasteiger partial charge in [0.05, 0.1) is 5.69 Å². The van der Waals surface area contributed by atoms with Crippen molar-refractivity contribution in [1.29, 1.82) is 0 Å². The lowest BCUT2D eigenvalue weighted by Crippen LogP contribution is -2.50. The smallest absolute Gasteiger partial charge is 0.125 e. The Morgan fingerprint density at radius 1 is 1.37 bits per heavy atom. The molecule has 0 radical (unpaired) electrons. The predicted molar refractivity (Wildman–Crippen MR) is 75.8 cm³/mol. The van der Waals surface area contributed by atoms with Crippen LogP contribution in [-0.2, 0) is 6.54 Å². The molecule has 1 unspecified atom stereocenters. The van der Waals surface area contributed by atoms with Gasteiger partial charge in [0.1, 0.15) is 5.82 Å².